The number of amides is 2. The van der Waals surface area contributed by atoms with E-state index in [0.29, 0.717) is 19.5 Å². The van der Waals surface area contributed by atoms with E-state index >= 15 is 0 Å². The smallest absolute Gasteiger partial charge is 0.227 e. The summed E-state index contributed by atoms with van der Waals surface area (Å²) in [5.74, 6) is 1.06. The molecular weight excluding hydrogens is 366 g/mol. The third-order valence-corrected chi connectivity index (χ3v) is 5.57. The summed E-state index contributed by atoms with van der Waals surface area (Å²) in [6.07, 6.45) is 4.59. The Labute approximate surface area is 167 Å². The van der Waals surface area contributed by atoms with E-state index in [9.17, 15) is 9.59 Å². The number of benzene rings is 1. The quantitative estimate of drug-likeness (QED) is 0.797. The van der Waals surface area contributed by atoms with Crippen LogP contribution in [0.25, 0.3) is 0 Å². The molecule has 2 unspecified atom stereocenters. The fourth-order valence-electron chi connectivity index (χ4n) is 3.97. The minimum Gasteiger partial charge on any atom is -0.496 e. The number of nitrogens with zero attached hydrogens (tertiary/aromatic N) is 1. The van der Waals surface area contributed by atoms with Crippen molar-refractivity contribution in [1.82, 2.24) is 10.2 Å². The molecule has 3 rings (SSSR count). The van der Waals surface area contributed by atoms with E-state index in [1.54, 1.807) is 7.11 Å². The fraction of sp³-hybridized carbons (Fsp3) is 0.600. The predicted octanol–water partition coefficient (Wildman–Crippen LogP) is 1.89. The monoisotopic (exact) mass is 395 g/mol. The summed E-state index contributed by atoms with van der Waals surface area (Å²) < 4.78 is 5.32. The summed E-state index contributed by atoms with van der Waals surface area (Å²) in [7, 11) is 1.62. The summed E-state index contributed by atoms with van der Waals surface area (Å²) in [4.78, 5) is 26.8. The Balaban J connectivity index is 0.00000261. The van der Waals surface area contributed by atoms with E-state index < -0.39 is 0 Å². The molecule has 1 aromatic rings. The molecule has 7 heteroatoms. The topological polar surface area (TPSA) is 84.7 Å². The molecule has 1 saturated carbocycles. The van der Waals surface area contributed by atoms with Crippen LogP contribution in [0.5, 0.6) is 5.75 Å². The van der Waals surface area contributed by atoms with E-state index in [2.05, 4.69) is 5.32 Å². The number of methoxy groups -OCH3 is 1. The van der Waals surface area contributed by atoms with Crippen molar-refractivity contribution in [2.75, 3.05) is 20.2 Å². The van der Waals surface area contributed by atoms with Crippen LogP contribution in [-0.4, -0.2) is 49.0 Å². The summed E-state index contributed by atoms with van der Waals surface area (Å²) in [6, 6.07) is 7.95. The third-order valence-electron chi connectivity index (χ3n) is 5.57. The minimum atomic E-state index is 0. The van der Waals surface area contributed by atoms with Crippen molar-refractivity contribution in [3.63, 3.8) is 0 Å². The number of nitrogens with one attached hydrogen (secondary N) is 1. The predicted molar refractivity (Wildman–Crippen MR) is 107 cm³/mol. The minimum absolute atomic E-state index is 0. The molecule has 6 nitrogen and oxygen atoms in total. The molecule has 2 aliphatic rings. The number of likely N-dealkylation sites (tertiary alicyclic amines) is 1. The van der Waals surface area contributed by atoms with Crippen LogP contribution in [0.3, 0.4) is 0 Å². The zero-order valence-electron chi connectivity index (χ0n) is 15.9. The lowest BCUT2D eigenvalue weighted by Crippen LogP contribution is -2.48. The van der Waals surface area contributed by atoms with E-state index in [4.69, 9.17) is 10.5 Å². The molecule has 1 aliphatic carbocycles. The third kappa shape index (κ3) is 5.59. The molecule has 150 valence electrons. The van der Waals surface area contributed by atoms with Crippen molar-refractivity contribution in [3.8, 4) is 5.75 Å². The van der Waals surface area contributed by atoms with Gasteiger partial charge in [0.25, 0.3) is 0 Å². The molecule has 2 fully saturated rings. The highest BCUT2D eigenvalue weighted by Gasteiger charge is 2.30. The maximum absolute atomic E-state index is 12.6. The Kier molecular flexibility index (Phi) is 7.92. The highest BCUT2D eigenvalue weighted by Crippen LogP contribution is 2.25. The number of ether oxygens (including phenoxy) is 1. The molecule has 1 aliphatic heterocycles. The molecule has 0 spiro atoms. The van der Waals surface area contributed by atoms with Crippen molar-refractivity contribution >= 4 is 24.2 Å². The number of para-hydroxylation sites is 1. The highest BCUT2D eigenvalue weighted by atomic mass is 35.5. The van der Waals surface area contributed by atoms with Gasteiger partial charge in [-0.2, -0.15) is 0 Å². The van der Waals surface area contributed by atoms with Gasteiger partial charge in [-0.15, -0.1) is 12.4 Å². The lowest BCUT2D eigenvalue weighted by atomic mass is 10.0. The summed E-state index contributed by atoms with van der Waals surface area (Å²) in [5.41, 5.74) is 6.81. The second-order valence-electron chi connectivity index (χ2n) is 7.42. The standard InChI is InChI=1S/C20H29N3O3.ClH/c1-26-18-5-3-2-4-14(18)13-19(24)23-10-8-17(9-11-23)22-20(25)15-6-7-16(21)12-15;/h2-5,15-17H,6-13,21H2,1H3,(H,22,25);1H. The van der Waals surface area contributed by atoms with E-state index in [0.717, 1.165) is 43.4 Å². The number of nitrogens with two attached hydrogens (primary N) is 1. The first-order valence-electron chi connectivity index (χ1n) is 9.52. The van der Waals surface area contributed by atoms with Crippen LogP contribution in [-0.2, 0) is 16.0 Å². The van der Waals surface area contributed by atoms with Gasteiger partial charge in [-0.3, -0.25) is 9.59 Å². The molecule has 1 heterocycles. The Morgan fingerprint density at radius 3 is 2.52 bits per heavy atom. The molecule has 3 N–H and O–H groups in total. The first-order chi connectivity index (χ1) is 12.6. The molecule has 2 amide bonds. The molecule has 27 heavy (non-hydrogen) atoms. The van der Waals surface area contributed by atoms with E-state index in [-0.39, 0.29) is 42.2 Å². The van der Waals surface area contributed by atoms with Crippen LogP contribution < -0.4 is 15.8 Å². The lowest BCUT2D eigenvalue weighted by molar-refractivity contribution is -0.131. The number of carbonyl (C=O) groups excluding carboxylic acids is 2. The Bertz CT molecular complexity index is 647. The lowest BCUT2D eigenvalue weighted by Gasteiger charge is -2.33. The van der Waals surface area contributed by atoms with Gasteiger partial charge >= 0.3 is 0 Å². The van der Waals surface area contributed by atoms with Crippen molar-refractivity contribution in [3.05, 3.63) is 29.8 Å². The van der Waals surface area contributed by atoms with E-state index in [1.807, 2.05) is 29.2 Å². The zero-order valence-corrected chi connectivity index (χ0v) is 16.7. The number of piperidine rings is 1. The van der Waals surface area contributed by atoms with Gasteiger partial charge in [0, 0.05) is 36.7 Å². The van der Waals surface area contributed by atoms with Crippen molar-refractivity contribution in [2.24, 2.45) is 11.7 Å². The maximum Gasteiger partial charge on any atom is 0.227 e. The number of hydrogen-bond acceptors (Lipinski definition) is 4. The average molecular weight is 396 g/mol. The van der Waals surface area contributed by atoms with Gasteiger partial charge in [0.05, 0.1) is 13.5 Å². The molecule has 0 bridgehead atoms. The second kappa shape index (κ2) is 9.95. The molecular formula is C20H30ClN3O3. The number of halogens is 1. The molecule has 0 radical (unpaired) electrons. The first kappa shape index (κ1) is 21.5. The number of carbonyl (C=O) groups is 2. The SMILES string of the molecule is COc1ccccc1CC(=O)N1CCC(NC(=O)C2CCC(N)C2)CC1.Cl. The van der Waals surface area contributed by atoms with Crippen molar-refractivity contribution in [2.45, 2.75) is 50.6 Å². The van der Waals surface area contributed by atoms with Gasteiger partial charge in [-0.25, -0.2) is 0 Å². The normalized spacial score (nSPS) is 22.8. The summed E-state index contributed by atoms with van der Waals surface area (Å²) in [6.45, 7) is 1.37. The van der Waals surface area contributed by atoms with Crippen LogP contribution >= 0.6 is 12.4 Å². The van der Waals surface area contributed by atoms with Crippen LogP contribution in [0.4, 0.5) is 0 Å². The molecule has 1 aromatic carbocycles. The molecule has 1 saturated heterocycles. The fourth-order valence-corrected chi connectivity index (χ4v) is 3.97. The van der Waals surface area contributed by atoms with Gasteiger partial charge < -0.3 is 20.7 Å². The molecule has 2 atom stereocenters. The van der Waals surface area contributed by atoms with Crippen LogP contribution in [0.2, 0.25) is 0 Å². The van der Waals surface area contributed by atoms with Crippen LogP contribution in [0.1, 0.15) is 37.7 Å². The Hall–Kier alpha value is -1.79. The molecule has 0 aromatic heterocycles. The number of hydrogen-bond donors (Lipinski definition) is 2. The van der Waals surface area contributed by atoms with Crippen LogP contribution in [0.15, 0.2) is 24.3 Å². The van der Waals surface area contributed by atoms with E-state index in [1.165, 1.54) is 0 Å². The summed E-state index contributed by atoms with van der Waals surface area (Å²) >= 11 is 0. The van der Waals surface area contributed by atoms with Gasteiger partial charge in [0.1, 0.15) is 5.75 Å². The Morgan fingerprint density at radius 1 is 1.19 bits per heavy atom. The first-order valence-corrected chi connectivity index (χ1v) is 9.52. The van der Waals surface area contributed by atoms with Gasteiger partial charge in [0.2, 0.25) is 11.8 Å². The van der Waals surface area contributed by atoms with Gasteiger partial charge in [-0.1, -0.05) is 18.2 Å². The largest absolute Gasteiger partial charge is 0.496 e. The maximum atomic E-state index is 12.6. The van der Waals surface area contributed by atoms with Crippen molar-refractivity contribution < 1.29 is 14.3 Å². The van der Waals surface area contributed by atoms with Gasteiger partial charge in [0.15, 0.2) is 0 Å². The average Bonchev–Trinajstić information content (AvgIpc) is 3.09. The summed E-state index contributed by atoms with van der Waals surface area (Å²) in [5, 5.41) is 3.16. The number of rotatable bonds is 5. The van der Waals surface area contributed by atoms with Crippen molar-refractivity contribution in [1.29, 1.82) is 0 Å². The van der Waals surface area contributed by atoms with Gasteiger partial charge in [-0.05, 0) is 38.2 Å². The van der Waals surface area contributed by atoms with Crippen LogP contribution in [0, 0.1) is 5.92 Å². The highest BCUT2D eigenvalue weighted by molar-refractivity contribution is 5.85. The Morgan fingerprint density at radius 2 is 1.89 bits per heavy atom. The zero-order chi connectivity index (χ0) is 18.5. The second-order valence-corrected chi connectivity index (χ2v) is 7.42.